The zero-order valence-electron chi connectivity index (χ0n) is 65.6. The molecule has 0 saturated heterocycles. The Morgan fingerprint density at radius 3 is 1.06 bits per heavy atom. The maximum absolute atomic E-state index is 13.2. The van der Waals surface area contributed by atoms with Crippen LogP contribution in [0.15, 0.2) is 243 Å². The molecule has 3 saturated carbocycles. The molecule has 3 aliphatic heterocycles. The van der Waals surface area contributed by atoms with Gasteiger partial charge in [-0.15, -0.1) is 0 Å². The summed E-state index contributed by atoms with van der Waals surface area (Å²) in [6, 6.07) is 39.0. The van der Waals surface area contributed by atoms with Gasteiger partial charge in [-0.3, -0.25) is 19.9 Å². The van der Waals surface area contributed by atoms with Crippen LogP contribution in [0.25, 0.3) is 67.9 Å². The molecule has 2 N–H and O–H groups in total. The van der Waals surface area contributed by atoms with Crippen molar-refractivity contribution >= 4 is 110 Å². The molecule has 600 valence electrons. The van der Waals surface area contributed by atoms with Gasteiger partial charge in [0.05, 0.1) is 52.6 Å². The number of cyclic esters (lactones) is 3. The average molecular weight is 1570 g/mol. The van der Waals surface area contributed by atoms with E-state index in [0.29, 0.717) is 38.5 Å². The Labute approximate surface area is 676 Å². The first kappa shape index (κ1) is 83.6. The van der Waals surface area contributed by atoms with E-state index in [1.165, 1.54) is 48.6 Å². The Morgan fingerprint density at radius 1 is 0.379 bits per heavy atom. The van der Waals surface area contributed by atoms with Crippen LogP contribution in [0.3, 0.4) is 0 Å². The van der Waals surface area contributed by atoms with E-state index in [4.69, 9.17) is 33.2 Å². The largest absolute Gasteiger partial charge is 0.460 e. The third kappa shape index (κ3) is 25.3. The minimum absolute atomic E-state index is 0.0400. The standard InChI is InChI=1S/C40H38N2O6.2C28H31NO5/c1-27-9-3-2-4-10-30-23-33(47-39(44)18-15-28-21-31-11-5-7-13-35(31)41-25-28)24-34(30)37(17-20-38(43)46-27)48-40(45)19-16-29-22-32-12-6-8-14-36(32)42-26-29;1-19-7-3-2-4-8-21-16-23(17-24(21)26(30)12-14-27(31)33-19)34-28(32)13-11-20-15-22-9-5-6-10-25(22)29-18-20;1-19-7-3-2-4-8-21-16-23(30)17-24(21)26(12-14-27(31)33-19)34-28(32)13-11-20-15-22-9-5-6-10-25(22)29-18-20/h4-8,10-22,25-27,30,33-34,37H,2-3,9,23-24H2,1H3;2*4-6,8-15,18-19,21,23-24,26,30H,2-3,7,16-17H2,1H3/b10-4+,18-15+,19-16+,20-17+;2*8-4+,13-11+,14-12+/t27-,30+,33-,34+,37+;2*19-,21+,23-,24+,26+/m000/s1. The molecule has 3 aliphatic carbocycles. The van der Waals surface area contributed by atoms with Crippen molar-refractivity contribution in [2.75, 3.05) is 0 Å². The second kappa shape index (κ2) is 42.0. The lowest BCUT2D eigenvalue weighted by Gasteiger charge is -2.24. The molecule has 0 amide bonds. The Hall–Kier alpha value is -11.9. The molecular formula is C96H100N4O16. The number of esters is 7. The second-order valence-electron chi connectivity index (χ2n) is 30.5. The molecule has 4 aromatic carbocycles. The topological polar surface area (TPSA) is 276 Å². The Bertz CT molecular complexity index is 5080. The SMILES string of the molecule is C[C@H]1CCC/C=C/[C@@H]2C[C@H](O)C[C@H]2[C@H](OC(=O)/C=C/c2cnc3ccccc3c2)/C=C/C(=O)O1.C[C@H]1CCC/C=C/[C@@H]2C[C@H](OC(=O)/C=C/c3cnc4ccccc4c3)C[C@H]2[C@H](O)/C=C/C(=O)O1.C[C@H]1CCC/C=C/[C@@H]2C[C@H](OC(=O)/C=C/c3cnc4ccccc4c3)C[C@H]2[C@H](OC(=O)/C=C/c2cnc3ccccc3c2)/C=C/C(=O)O1. The van der Waals surface area contributed by atoms with E-state index >= 15 is 0 Å². The molecule has 14 rings (SSSR count). The fourth-order valence-electron chi connectivity index (χ4n) is 15.8. The number of aliphatic hydroxyl groups excluding tert-OH is 2. The Kier molecular flexibility index (Phi) is 30.2. The molecule has 15 atom stereocenters. The van der Waals surface area contributed by atoms with Crippen LogP contribution in [0.4, 0.5) is 0 Å². The molecule has 20 heteroatoms. The molecule has 116 heavy (non-hydrogen) atoms. The fourth-order valence-corrected chi connectivity index (χ4v) is 15.8. The van der Waals surface area contributed by atoms with Crippen LogP contribution in [0.1, 0.15) is 139 Å². The van der Waals surface area contributed by atoms with Gasteiger partial charge >= 0.3 is 41.8 Å². The molecule has 8 aromatic rings. The summed E-state index contributed by atoms with van der Waals surface area (Å²) in [6.45, 7) is 5.63. The van der Waals surface area contributed by atoms with E-state index in [0.717, 1.165) is 124 Å². The van der Waals surface area contributed by atoms with Crippen LogP contribution in [-0.2, 0) is 66.7 Å². The van der Waals surface area contributed by atoms with E-state index in [-0.39, 0.29) is 59.9 Å². The number of hydrogen-bond donors (Lipinski definition) is 2. The number of aliphatic hydroxyl groups is 2. The number of allylic oxidation sites excluding steroid dienone is 6. The van der Waals surface area contributed by atoms with E-state index in [9.17, 15) is 43.8 Å². The van der Waals surface area contributed by atoms with Crippen LogP contribution in [0, 0.1) is 35.5 Å². The van der Waals surface area contributed by atoms with Gasteiger partial charge in [0.2, 0.25) is 0 Å². The summed E-state index contributed by atoms with van der Waals surface area (Å²) in [5.74, 6) is -3.71. The van der Waals surface area contributed by atoms with E-state index < -0.39 is 72.3 Å². The van der Waals surface area contributed by atoms with Gasteiger partial charge in [-0.05, 0) is 254 Å². The van der Waals surface area contributed by atoms with Gasteiger partial charge in [-0.1, -0.05) is 109 Å². The van der Waals surface area contributed by atoms with E-state index in [2.05, 4.69) is 56.4 Å². The number of para-hydroxylation sites is 4. The molecule has 0 spiro atoms. The van der Waals surface area contributed by atoms with Crippen molar-refractivity contribution in [2.45, 2.75) is 172 Å². The van der Waals surface area contributed by atoms with Crippen molar-refractivity contribution in [2.24, 2.45) is 35.5 Å². The highest BCUT2D eigenvalue weighted by Crippen LogP contribution is 2.42. The molecule has 20 nitrogen and oxygen atoms in total. The number of fused-ring (bicyclic) bond motifs is 7. The van der Waals surface area contributed by atoms with Gasteiger partial charge in [0.1, 0.15) is 24.4 Å². The zero-order valence-corrected chi connectivity index (χ0v) is 65.6. The molecule has 7 heterocycles. The van der Waals surface area contributed by atoms with Crippen LogP contribution in [0.5, 0.6) is 0 Å². The lowest BCUT2D eigenvalue weighted by molar-refractivity contribution is -0.146. The normalized spacial score (nSPS) is 27.8. The number of ether oxygens (including phenoxy) is 7. The molecule has 0 radical (unpaired) electrons. The molecule has 6 aliphatic rings. The maximum atomic E-state index is 13.2. The van der Waals surface area contributed by atoms with Gasteiger partial charge in [0.15, 0.2) is 0 Å². The third-order valence-electron chi connectivity index (χ3n) is 21.6. The number of pyridine rings is 4. The van der Waals surface area contributed by atoms with Crippen LogP contribution in [0.2, 0.25) is 0 Å². The molecule has 0 bridgehead atoms. The van der Waals surface area contributed by atoms with E-state index in [1.807, 2.05) is 142 Å². The van der Waals surface area contributed by atoms with Crippen molar-refractivity contribution in [1.29, 1.82) is 0 Å². The first-order chi connectivity index (χ1) is 56.3. The summed E-state index contributed by atoms with van der Waals surface area (Å²) in [4.78, 5) is 106. The average Bonchev–Trinajstić information content (AvgIpc) is 1.59. The first-order valence-electron chi connectivity index (χ1n) is 40.3. The molecular weight excluding hydrogens is 1470 g/mol. The number of nitrogens with zero attached hydrogens (tertiary/aromatic N) is 4. The van der Waals surface area contributed by atoms with E-state index in [1.54, 1.807) is 61.2 Å². The molecule has 0 unspecified atom stereocenters. The summed E-state index contributed by atoms with van der Waals surface area (Å²) < 4.78 is 39.7. The smallest absolute Gasteiger partial charge is 0.331 e. The van der Waals surface area contributed by atoms with Gasteiger partial charge < -0.3 is 43.4 Å². The summed E-state index contributed by atoms with van der Waals surface area (Å²) >= 11 is 0. The maximum Gasteiger partial charge on any atom is 0.331 e. The van der Waals surface area contributed by atoms with Crippen LogP contribution in [-0.4, -0.2) is 127 Å². The Balaban J connectivity index is 0.000000164. The third-order valence-corrected chi connectivity index (χ3v) is 21.6. The van der Waals surface area contributed by atoms with Gasteiger partial charge in [-0.2, -0.15) is 0 Å². The number of carbonyl (C=O) groups excluding carboxylic acids is 7. The number of carbonyl (C=O) groups is 7. The number of hydrogen-bond acceptors (Lipinski definition) is 20. The van der Waals surface area contributed by atoms with Crippen LogP contribution < -0.4 is 0 Å². The van der Waals surface area contributed by atoms with Gasteiger partial charge in [-0.25, -0.2) is 33.6 Å². The molecule has 3 fully saturated rings. The zero-order chi connectivity index (χ0) is 81.1. The van der Waals surface area contributed by atoms with Crippen molar-refractivity contribution in [3.05, 3.63) is 266 Å². The van der Waals surface area contributed by atoms with Crippen molar-refractivity contribution in [3.63, 3.8) is 0 Å². The second-order valence-corrected chi connectivity index (χ2v) is 30.5. The lowest BCUT2D eigenvalue weighted by atomic mass is 9.89. The van der Waals surface area contributed by atoms with Crippen molar-refractivity contribution in [1.82, 2.24) is 19.9 Å². The number of aromatic nitrogens is 4. The van der Waals surface area contributed by atoms with Crippen LogP contribution >= 0.6 is 0 Å². The highest BCUT2D eigenvalue weighted by molar-refractivity contribution is 5.92. The quantitative estimate of drug-likeness (QED) is 0.0497. The van der Waals surface area contributed by atoms with Crippen molar-refractivity contribution < 1.29 is 76.9 Å². The lowest BCUT2D eigenvalue weighted by Crippen LogP contribution is -2.27. The van der Waals surface area contributed by atoms with Gasteiger partial charge in [0, 0.05) is 101 Å². The summed E-state index contributed by atoms with van der Waals surface area (Å²) in [5, 5.41) is 25.0. The summed E-state index contributed by atoms with van der Waals surface area (Å²) in [5.41, 5.74) is 6.70. The fraction of sp³-hybridized carbons (Fsp3) is 0.344. The minimum atomic E-state index is -0.818. The highest BCUT2D eigenvalue weighted by Gasteiger charge is 2.42. The van der Waals surface area contributed by atoms with Gasteiger partial charge in [0.25, 0.3) is 0 Å². The summed E-state index contributed by atoms with van der Waals surface area (Å²) in [7, 11) is 0. The highest BCUT2D eigenvalue weighted by atomic mass is 16.6. The first-order valence-corrected chi connectivity index (χ1v) is 40.3. The predicted octanol–water partition coefficient (Wildman–Crippen LogP) is 17.1. The minimum Gasteiger partial charge on any atom is -0.460 e. The predicted molar refractivity (Wildman–Crippen MR) is 446 cm³/mol. The molecule has 4 aromatic heterocycles. The number of benzene rings is 4. The summed E-state index contributed by atoms with van der Waals surface area (Å²) in [6.07, 6.45) is 47.5. The monoisotopic (exact) mass is 1560 g/mol. The van der Waals surface area contributed by atoms with Crippen molar-refractivity contribution in [3.8, 4) is 0 Å². The number of rotatable bonds is 12. The Morgan fingerprint density at radius 2 is 0.690 bits per heavy atom.